The second kappa shape index (κ2) is 9.91. The maximum absolute atomic E-state index is 6.11. The van der Waals surface area contributed by atoms with Gasteiger partial charge in [-0.15, -0.1) is 21.5 Å². The number of thiazole rings is 1. The summed E-state index contributed by atoms with van der Waals surface area (Å²) in [7, 11) is 0. The van der Waals surface area contributed by atoms with Gasteiger partial charge in [-0.05, 0) is 75.1 Å². The third kappa shape index (κ3) is 4.75. The highest BCUT2D eigenvalue weighted by Crippen LogP contribution is 2.37. The van der Waals surface area contributed by atoms with Crippen LogP contribution in [0.3, 0.4) is 0 Å². The summed E-state index contributed by atoms with van der Waals surface area (Å²) in [6.07, 6.45) is 5.21. The monoisotopic (exact) mass is 506 g/mol. The molecule has 180 valence electrons. The number of hydrogen-bond acceptors (Lipinski definition) is 8. The highest BCUT2D eigenvalue weighted by atomic mass is 32.2. The van der Waals surface area contributed by atoms with Crippen LogP contribution in [-0.4, -0.2) is 32.6 Å². The Kier molecular flexibility index (Phi) is 6.35. The van der Waals surface area contributed by atoms with Crippen LogP contribution >= 0.6 is 23.1 Å². The predicted octanol–water partition coefficient (Wildman–Crippen LogP) is 6.43. The van der Waals surface area contributed by atoms with E-state index < -0.39 is 0 Å². The molecule has 6 rings (SSSR count). The average molecular weight is 507 g/mol. The van der Waals surface area contributed by atoms with E-state index in [2.05, 4.69) is 39.2 Å². The van der Waals surface area contributed by atoms with Crippen molar-refractivity contribution < 1.29 is 14.2 Å². The fourth-order valence-electron chi connectivity index (χ4n) is 4.45. The van der Waals surface area contributed by atoms with Crippen molar-refractivity contribution >= 4 is 23.1 Å². The summed E-state index contributed by atoms with van der Waals surface area (Å²) in [5.41, 5.74) is 3.10. The standard InChI is InChI=1S/C26H26N4O3S2/c1-2-30-24(17-7-10-21(11-8-17)33-20-5-3-4-6-20)28-29-26(30)35-15-19-14-34-25(27-19)18-9-12-22-23(13-18)32-16-31-22/h7-14,20H,2-6,15-16H2,1H3. The smallest absolute Gasteiger partial charge is 0.231 e. The molecule has 0 spiro atoms. The molecule has 0 amide bonds. The molecule has 0 bridgehead atoms. The van der Waals surface area contributed by atoms with E-state index in [1.807, 2.05) is 30.3 Å². The number of rotatable bonds is 8. The maximum atomic E-state index is 6.11. The zero-order valence-electron chi connectivity index (χ0n) is 19.5. The Bertz CT molecular complexity index is 1310. The van der Waals surface area contributed by atoms with Crippen LogP contribution in [0.2, 0.25) is 0 Å². The molecule has 1 aliphatic heterocycles. The molecule has 2 aromatic carbocycles. The van der Waals surface area contributed by atoms with E-state index in [1.165, 1.54) is 12.8 Å². The van der Waals surface area contributed by atoms with E-state index in [0.29, 0.717) is 6.10 Å². The minimum absolute atomic E-state index is 0.275. The van der Waals surface area contributed by atoms with Gasteiger partial charge in [0.05, 0.1) is 11.8 Å². The Morgan fingerprint density at radius 1 is 1.03 bits per heavy atom. The van der Waals surface area contributed by atoms with Gasteiger partial charge in [-0.3, -0.25) is 0 Å². The van der Waals surface area contributed by atoms with Gasteiger partial charge in [0.15, 0.2) is 22.5 Å². The number of fused-ring (bicyclic) bond motifs is 1. The third-order valence-corrected chi connectivity index (χ3v) is 8.21. The SMILES string of the molecule is CCn1c(SCc2csc(-c3ccc4c(c3)OCO4)n2)nnc1-c1ccc(OC2CCCC2)cc1. The van der Waals surface area contributed by atoms with Crippen LogP contribution in [-0.2, 0) is 12.3 Å². The van der Waals surface area contributed by atoms with Gasteiger partial charge in [-0.25, -0.2) is 4.98 Å². The second-order valence-corrected chi connectivity index (χ2v) is 10.4. The summed E-state index contributed by atoms with van der Waals surface area (Å²) in [4.78, 5) is 4.82. The normalized spacial score (nSPS) is 15.1. The molecule has 3 heterocycles. The second-order valence-electron chi connectivity index (χ2n) is 8.60. The molecule has 7 nitrogen and oxygen atoms in total. The van der Waals surface area contributed by atoms with Crippen LogP contribution < -0.4 is 14.2 Å². The molecule has 2 aliphatic rings. The van der Waals surface area contributed by atoms with Gasteiger partial charge in [-0.1, -0.05) is 11.8 Å². The number of nitrogens with zero attached hydrogens (tertiary/aromatic N) is 4. The molecule has 0 radical (unpaired) electrons. The lowest BCUT2D eigenvalue weighted by atomic mass is 10.2. The first-order valence-corrected chi connectivity index (χ1v) is 13.8. The highest BCUT2D eigenvalue weighted by Gasteiger charge is 2.18. The largest absolute Gasteiger partial charge is 0.490 e. The van der Waals surface area contributed by atoms with E-state index >= 15 is 0 Å². The van der Waals surface area contributed by atoms with Gasteiger partial charge >= 0.3 is 0 Å². The first-order chi connectivity index (χ1) is 17.3. The van der Waals surface area contributed by atoms with Crippen LogP contribution in [0, 0.1) is 0 Å². The topological polar surface area (TPSA) is 71.3 Å². The number of hydrogen-bond donors (Lipinski definition) is 0. The van der Waals surface area contributed by atoms with Crippen molar-refractivity contribution in [2.45, 2.75) is 56.2 Å². The van der Waals surface area contributed by atoms with Crippen LogP contribution in [0.25, 0.3) is 22.0 Å². The summed E-state index contributed by atoms with van der Waals surface area (Å²) < 4.78 is 19.2. The Balaban J connectivity index is 1.13. The van der Waals surface area contributed by atoms with E-state index in [9.17, 15) is 0 Å². The lowest BCUT2D eigenvalue weighted by Gasteiger charge is -2.13. The van der Waals surface area contributed by atoms with Crippen molar-refractivity contribution in [3.8, 4) is 39.2 Å². The molecular weight excluding hydrogens is 480 g/mol. The predicted molar refractivity (Wildman–Crippen MR) is 137 cm³/mol. The van der Waals surface area contributed by atoms with Crippen molar-refractivity contribution in [3.05, 3.63) is 53.5 Å². The van der Waals surface area contributed by atoms with Crippen molar-refractivity contribution in [1.29, 1.82) is 0 Å². The average Bonchev–Trinajstić information content (AvgIpc) is 3.69. The molecule has 9 heteroatoms. The lowest BCUT2D eigenvalue weighted by molar-refractivity contribution is 0.174. The van der Waals surface area contributed by atoms with E-state index in [4.69, 9.17) is 19.2 Å². The third-order valence-electron chi connectivity index (χ3n) is 6.27. The minimum Gasteiger partial charge on any atom is -0.490 e. The molecule has 0 saturated heterocycles. The van der Waals surface area contributed by atoms with Gasteiger partial charge in [-0.2, -0.15) is 0 Å². The first-order valence-electron chi connectivity index (χ1n) is 11.9. The van der Waals surface area contributed by atoms with E-state index in [0.717, 1.165) is 75.2 Å². The van der Waals surface area contributed by atoms with Crippen molar-refractivity contribution in [1.82, 2.24) is 19.7 Å². The number of thioether (sulfide) groups is 1. The fourth-order valence-corrected chi connectivity index (χ4v) is 6.27. The Labute approximate surface area is 212 Å². The Hall–Kier alpha value is -3.04. The van der Waals surface area contributed by atoms with Crippen molar-refractivity contribution in [3.63, 3.8) is 0 Å². The lowest BCUT2D eigenvalue weighted by Crippen LogP contribution is -2.10. The van der Waals surface area contributed by atoms with Gasteiger partial charge < -0.3 is 18.8 Å². The molecular formula is C26H26N4O3S2. The molecule has 1 fully saturated rings. The molecule has 1 saturated carbocycles. The zero-order chi connectivity index (χ0) is 23.6. The molecule has 0 atom stereocenters. The first kappa shape index (κ1) is 22.4. The van der Waals surface area contributed by atoms with Crippen LogP contribution in [0.4, 0.5) is 0 Å². The van der Waals surface area contributed by atoms with E-state index in [-0.39, 0.29) is 6.79 Å². The fraction of sp³-hybridized carbons (Fsp3) is 0.346. The number of benzene rings is 2. The molecule has 35 heavy (non-hydrogen) atoms. The van der Waals surface area contributed by atoms with Crippen LogP contribution in [0.1, 0.15) is 38.3 Å². The van der Waals surface area contributed by atoms with Gasteiger partial charge in [0.1, 0.15) is 10.8 Å². The van der Waals surface area contributed by atoms with Crippen LogP contribution in [0.15, 0.2) is 53.0 Å². The summed E-state index contributed by atoms with van der Waals surface area (Å²) in [5.74, 6) is 4.09. The number of aromatic nitrogens is 4. The van der Waals surface area contributed by atoms with Gasteiger partial charge in [0.25, 0.3) is 0 Å². The summed E-state index contributed by atoms with van der Waals surface area (Å²) in [6.45, 7) is 3.19. The summed E-state index contributed by atoms with van der Waals surface area (Å²) in [6, 6.07) is 14.2. The highest BCUT2D eigenvalue weighted by molar-refractivity contribution is 7.98. The molecule has 1 aliphatic carbocycles. The van der Waals surface area contributed by atoms with E-state index in [1.54, 1.807) is 23.1 Å². The summed E-state index contributed by atoms with van der Waals surface area (Å²) >= 11 is 3.29. The summed E-state index contributed by atoms with van der Waals surface area (Å²) in [5, 5.41) is 12.9. The maximum Gasteiger partial charge on any atom is 0.231 e. The van der Waals surface area contributed by atoms with Crippen molar-refractivity contribution in [2.75, 3.05) is 6.79 Å². The minimum atomic E-state index is 0.275. The van der Waals surface area contributed by atoms with Gasteiger partial charge in [0.2, 0.25) is 6.79 Å². The Morgan fingerprint density at radius 2 is 1.83 bits per heavy atom. The zero-order valence-corrected chi connectivity index (χ0v) is 21.1. The number of ether oxygens (including phenoxy) is 3. The molecule has 0 N–H and O–H groups in total. The molecule has 2 aromatic heterocycles. The molecule has 0 unspecified atom stereocenters. The van der Waals surface area contributed by atoms with Gasteiger partial charge in [0, 0.05) is 28.8 Å². The Morgan fingerprint density at radius 3 is 2.66 bits per heavy atom. The van der Waals surface area contributed by atoms with Crippen LogP contribution in [0.5, 0.6) is 17.2 Å². The van der Waals surface area contributed by atoms with Crippen molar-refractivity contribution in [2.24, 2.45) is 0 Å². The molecule has 4 aromatic rings. The quantitative estimate of drug-likeness (QED) is 0.255.